The average molecular weight is 290 g/mol. The van der Waals surface area contributed by atoms with Gasteiger partial charge in [0, 0.05) is 19.6 Å². The average Bonchev–Trinajstić information content (AvgIpc) is 2.25. The van der Waals surface area contributed by atoms with Crippen molar-refractivity contribution >= 4 is 11.9 Å². The van der Waals surface area contributed by atoms with Gasteiger partial charge in [-0.05, 0) is 26.7 Å². The smallest absolute Gasteiger partial charge is 0.320 e. The molecule has 0 rings (SSSR count). The molecule has 0 spiro atoms. The number of carbonyl (C=O) groups is 1. The Morgan fingerprint density at radius 3 is 2.05 bits per heavy atom. The molecule has 7 N–H and O–H groups in total. The van der Waals surface area contributed by atoms with Crippen molar-refractivity contribution in [2.45, 2.75) is 44.9 Å². The van der Waals surface area contributed by atoms with Crippen LogP contribution in [-0.2, 0) is 4.79 Å². The van der Waals surface area contributed by atoms with E-state index in [-0.39, 0.29) is 19.0 Å². The Kier molecular flexibility index (Phi) is 8.86. The first-order valence-corrected chi connectivity index (χ1v) is 6.62. The zero-order chi connectivity index (χ0) is 15.7. The molecule has 0 aromatic carbocycles. The van der Waals surface area contributed by atoms with Gasteiger partial charge in [-0.3, -0.25) is 14.7 Å². The van der Waals surface area contributed by atoms with E-state index in [9.17, 15) is 20.1 Å². The van der Waals surface area contributed by atoms with E-state index in [1.807, 2.05) is 0 Å². The quantitative estimate of drug-likeness (QED) is 0.188. The van der Waals surface area contributed by atoms with Gasteiger partial charge in [0.2, 0.25) is 0 Å². The molecule has 118 valence electrons. The van der Waals surface area contributed by atoms with Crippen molar-refractivity contribution in [2.24, 2.45) is 16.5 Å². The summed E-state index contributed by atoms with van der Waals surface area (Å²) in [4.78, 5) is 16.7. The third kappa shape index (κ3) is 8.68. The minimum Gasteiger partial charge on any atom is -0.480 e. The van der Waals surface area contributed by atoms with Gasteiger partial charge in [-0.1, -0.05) is 0 Å². The zero-order valence-electron chi connectivity index (χ0n) is 12.1. The lowest BCUT2D eigenvalue weighted by Crippen LogP contribution is -2.47. The van der Waals surface area contributed by atoms with Crippen LogP contribution >= 0.6 is 0 Å². The molecule has 0 saturated heterocycles. The number of aliphatic imine (C=N–C) groups is 1. The molecule has 0 aromatic rings. The molecule has 0 saturated carbocycles. The molecule has 0 amide bonds. The maximum atomic E-state index is 11.3. The molecule has 0 aliphatic heterocycles. The lowest BCUT2D eigenvalue weighted by atomic mass is 10.1. The van der Waals surface area contributed by atoms with Crippen LogP contribution in [0.4, 0.5) is 0 Å². The second kappa shape index (κ2) is 9.51. The lowest BCUT2D eigenvalue weighted by molar-refractivity contribution is -0.144. The van der Waals surface area contributed by atoms with Crippen LogP contribution in [0.3, 0.4) is 0 Å². The molecule has 0 aromatic heterocycles. The number of guanidine groups is 1. The Hall–Kier alpha value is -1.38. The summed E-state index contributed by atoms with van der Waals surface area (Å²) >= 11 is 0. The van der Waals surface area contributed by atoms with Crippen LogP contribution in [0.1, 0.15) is 26.7 Å². The van der Waals surface area contributed by atoms with Crippen molar-refractivity contribution in [3.63, 3.8) is 0 Å². The van der Waals surface area contributed by atoms with Crippen molar-refractivity contribution in [3.8, 4) is 0 Å². The van der Waals surface area contributed by atoms with E-state index < -0.39 is 24.2 Å². The van der Waals surface area contributed by atoms with Crippen LogP contribution in [0.2, 0.25) is 0 Å². The third-order valence-corrected chi connectivity index (χ3v) is 2.65. The van der Waals surface area contributed by atoms with Crippen LogP contribution in [-0.4, -0.2) is 70.0 Å². The summed E-state index contributed by atoms with van der Waals surface area (Å²) in [6.45, 7) is 3.87. The molecule has 0 aliphatic rings. The Morgan fingerprint density at radius 2 is 1.70 bits per heavy atom. The first kappa shape index (κ1) is 18.6. The van der Waals surface area contributed by atoms with E-state index in [2.05, 4.69) is 4.99 Å². The van der Waals surface area contributed by atoms with Gasteiger partial charge in [0.15, 0.2) is 5.96 Å². The van der Waals surface area contributed by atoms with E-state index in [4.69, 9.17) is 11.5 Å². The van der Waals surface area contributed by atoms with E-state index in [1.165, 1.54) is 0 Å². The summed E-state index contributed by atoms with van der Waals surface area (Å²) in [5, 5.41) is 28.2. The maximum Gasteiger partial charge on any atom is 0.320 e. The first-order chi connectivity index (χ1) is 9.23. The van der Waals surface area contributed by atoms with Crippen LogP contribution in [0.5, 0.6) is 0 Å². The predicted octanol–water partition coefficient (Wildman–Crippen LogP) is -1.44. The SMILES string of the molecule is CC(O)CN(CC(C)O)C(CCCN=C(N)N)C(=O)O. The lowest BCUT2D eigenvalue weighted by Gasteiger charge is -2.30. The van der Waals surface area contributed by atoms with Gasteiger partial charge in [-0.2, -0.15) is 0 Å². The normalized spacial score (nSPS) is 15.7. The highest BCUT2D eigenvalue weighted by molar-refractivity contribution is 5.75. The molecule has 0 fully saturated rings. The third-order valence-electron chi connectivity index (χ3n) is 2.65. The summed E-state index contributed by atoms with van der Waals surface area (Å²) in [6.07, 6.45) is -0.502. The van der Waals surface area contributed by atoms with Crippen LogP contribution in [0.15, 0.2) is 4.99 Å². The van der Waals surface area contributed by atoms with Crippen molar-refractivity contribution in [3.05, 3.63) is 0 Å². The molecule has 20 heavy (non-hydrogen) atoms. The largest absolute Gasteiger partial charge is 0.480 e. The number of rotatable bonds is 10. The molecule has 0 bridgehead atoms. The monoisotopic (exact) mass is 290 g/mol. The number of carboxylic acids is 1. The van der Waals surface area contributed by atoms with Gasteiger partial charge in [0.1, 0.15) is 6.04 Å². The van der Waals surface area contributed by atoms with Gasteiger partial charge >= 0.3 is 5.97 Å². The van der Waals surface area contributed by atoms with Gasteiger partial charge in [0.25, 0.3) is 0 Å². The number of nitrogens with two attached hydrogens (primary N) is 2. The molecule has 0 heterocycles. The number of carboxylic acid groups (broad SMARTS) is 1. The van der Waals surface area contributed by atoms with E-state index in [1.54, 1.807) is 18.7 Å². The Bertz CT molecular complexity index is 307. The molecule has 3 unspecified atom stereocenters. The van der Waals surface area contributed by atoms with E-state index in [0.29, 0.717) is 19.4 Å². The fourth-order valence-electron chi connectivity index (χ4n) is 1.96. The van der Waals surface area contributed by atoms with Crippen molar-refractivity contribution in [1.82, 2.24) is 4.90 Å². The molecule has 0 radical (unpaired) electrons. The van der Waals surface area contributed by atoms with Crippen LogP contribution in [0.25, 0.3) is 0 Å². The van der Waals surface area contributed by atoms with Crippen LogP contribution < -0.4 is 11.5 Å². The van der Waals surface area contributed by atoms with E-state index >= 15 is 0 Å². The zero-order valence-corrected chi connectivity index (χ0v) is 12.1. The van der Waals surface area contributed by atoms with Gasteiger partial charge < -0.3 is 26.8 Å². The summed E-state index contributed by atoms with van der Waals surface area (Å²) < 4.78 is 0. The highest BCUT2D eigenvalue weighted by atomic mass is 16.4. The molecule has 8 nitrogen and oxygen atoms in total. The number of nitrogens with zero attached hydrogens (tertiary/aromatic N) is 2. The van der Waals surface area contributed by atoms with E-state index in [0.717, 1.165) is 0 Å². The number of aliphatic hydroxyl groups excluding tert-OH is 2. The molecular weight excluding hydrogens is 264 g/mol. The molecule has 3 atom stereocenters. The standard InChI is InChI=1S/C12H26N4O4/c1-8(17)6-16(7-9(2)18)10(11(19)20)4-3-5-15-12(13)14/h8-10,17-18H,3-7H2,1-2H3,(H,19,20)(H4,13,14,15). The number of hydrogen-bond acceptors (Lipinski definition) is 5. The number of aliphatic hydroxyl groups is 2. The molecular formula is C12H26N4O4. The molecule has 8 heteroatoms. The van der Waals surface area contributed by atoms with Crippen LogP contribution in [0, 0.1) is 0 Å². The van der Waals surface area contributed by atoms with Crippen molar-refractivity contribution in [1.29, 1.82) is 0 Å². The topological polar surface area (TPSA) is 145 Å². The fraction of sp³-hybridized carbons (Fsp3) is 0.833. The number of hydrogen-bond donors (Lipinski definition) is 5. The van der Waals surface area contributed by atoms with Gasteiger partial charge in [-0.15, -0.1) is 0 Å². The minimum absolute atomic E-state index is 0.0262. The number of aliphatic carboxylic acids is 1. The fourth-order valence-corrected chi connectivity index (χ4v) is 1.96. The summed E-state index contributed by atoms with van der Waals surface area (Å²) in [5.74, 6) is -1.02. The highest BCUT2D eigenvalue weighted by Crippen LogP contribution is 2.10. The molecule has 0 aliphatic carbocycles. The second-order valence-electron chi connectivity index (χ2n) is 4.95. The first-order valence-electron chi connectivity index (χ1n) is 6.62. The second-order valence-corrected chi connectivity index (χ2v) is 4.95. The Labute approximate surface area is 119 Å². The Balaban J connectivity index is 4.62. The summed E-state index contributed by atoms with van der Waals surface area (Å²) in [5.41, 5.74) is 10.4. The highest BCUT2D eigenvalue weighted by Gasteiger charge is 2.26. The summed E-state index contributed by atoms with van der Waals surface area (Å²) in [7, 11) is 0. The maximum absolute atomic E-state index is 11.3. The van der Waals surface area contributed by atoms with Gasteiger partial charge in [0.05, 0.1) is 12.2 Å². The summed E-state index contributed by atoms with van der Waals surface area (Å²) in [6, 6.07) is -0.784. The van der Waals surface area contributed by atoms with Crippen molar-refractivity contribution < 1.29 is 20.1 Å². The van der Waals surface area contributed by atoms with Crippen molar-refractivity contribution in [2.75, 3.05) is 19.6 Å². The van der Waals surface area contributed by atoms with Gasteiger partial charge in [-0.25, -0.2) is 0 Å². The predicted molar refractivity (Wildman–Crippen MR) is 76.3 cm³/mol. The Morgan fingerprint density at radius 1 is 1.20 bits per heavy atom. The minimum atomic E-state index is -0.990.